The second-order valence-electron chi connectivity index (χ2n) is 10.3. The van der Waals surface area contributed by atoms with E-state index in [1.807, 2.05) is 24.3 Å². The van der Waals surface area contributed by atoms with Crippen LogP contribution < -0.4 is 15.5 Å². The van der Waals surface area contributed by atoms with Crippen LogP contribution in [0.4, 0.5) is 10.1 Å². The molecule has 5 aromatic rings. The summed E-state index contributed by atoms with van der Waals surface area (Å²) in [5.74, 6) is -1.17. The highest BCUT2D eigenvalue weighted by atomic mass is 19.1. The van der Waals surface area contributed by atoms with Crippen molar-refractivity contribution in [1.29, 1.82) is 0 Å². The maximum atomic E-state index is 13.7. The maximum Gasteiger partial charge on any atom is 0.338 e. The lowest BCUT2D eigenvalue weighted by Gasteiger charge is -2.24. The smallest absolute Gasteiger partial charge is 0.338 e. The number of amides is 2. The van der Waals surface area contributed by atoms with Crippen molar-refractivity contribution >= 4 is 34.4 Å². The largest absolute Gasteiger partial charge is 0.465 e. The molecule has 0 bridgehead atoms. The Hall–Kier alpha value is -5.44. The van der Waals surface area contributed by atoms with Gasteiger partial charge >= 0.3 is 5.97 Å². The molecule has 0 saturated carbocycles. The lowest BCUT2D eigenvalue weighted by molar-refractivity contribution is 0.0598. The summed E-state index contributed by atoms with van der Waals surface area (Å²) in [7, 11) is 2.87. The van der Waals surface area contributed by atoms with Gasteiger partial charge in [0.1, 0.15) is 17.2 Å². The van der Waals surface area contributed by atoms with Crippen molar-refractivity contribution in [2.45, 2.75) is 20.4 Å². The first-order valence-corrected chi connectivity index (χ1v) is 14.7. The first-order chi connectivity index (χ1) is 21.8. The SMILES string of the molecule is CCN(CC)c1cc2oc(-c3ccc(F)cc3)c(C(=O)NC)c2cc1-c1cccc(C(=O)NCc2ccccc2C(=O)OC)c1. The third kappa shape index (κ3) is 6.28. The molecule has 0 atom stereocenters. The van der Waals surface area contributed by atoms with Gasteiger partial charge in [0.15, 0.2) is 0 Å². The number of fused-ring (bicyclic) bond motifs is 1. The van der Waals surface area contributed by atoms with E-state index in [2.05, 4.69) is 29.4 Å². The van der Waals surface area contributed by atoms with Crippen molar-refractivity contribution in [2.75, 3.05) is 32.1 Å². The van der Waals surface area contributed by atoms with Gasteiger partial charge in [-0.25, -0.2) is 9.18 Å². The highest BCUT2D eigenvalue weighted by Crippen LogP contribution is 2.41. The highest BCUT2D eigenvalue weighted by molar-refractivity contribution is 6.13. The third-order valence-electron chi connectivity index (χ3n) is 7.77. The molecule has 45 heavy (non-hydrogen) atoms. The van der Waals surface area contributed by atoms with E-state index in [9.17, 15) is 18.8 Å². The zero-order valence-electron chi connectivity index (χ0n) is 25.6. The van der Waals surface area contributed by atoms with Gasteiger partial charge in [0, 0.05) is 60.5 Å². The summed E-state index contributed by atoms with van der Waals surface area (Å²) in [6, 6.07) is 23.8. The second kappa shape index (κ2) is 13.5. The number of anilines is 1. The number of nitrogens with zero attached hydrogens (tertiary/aromatic N) is 1. The highest BCUT2D eigenvalue weighted by Gasteiger charge is 2.25. The molecule has 230 valence electrons. The van der Waals surface area contributed by atoms with Crippen LogP contribution in [0.15, 0.2) is 89.3 Å². The topological polar surface area (TPSA) is 101 Å². The average Bonchev–Trinajstić information content (AvgIpc) is 3.45. The number of halogens is 1. The van der Waals surface area contributed by atoms with Crippen LogP contribution in [0.5, 0.6) is 0 Å². The summed E-state index contributed by atoms with van der Waals surface area (Å²) in [5.41, 5.74) is 5.34. The lowest BCUT2D eigenvalue weighted by Crippen LogP contribution is -2.24. The van der Waals surface area contributed by atoms with Gasteiger partial charge in [-0.2, -0.15) is 0 Å². The number of esters is 1. The van der Waals surface area contributed by atoms with Crippen molar-refractivity contribution in [3.63, 3.8) is 0 Å². The fraction of sp³-hybridized carbons (Fsp3) is 0.194. The first-order valence-electron chi connectivity index (χ1n) is 14.7. The molecule has 0 aliphatic carbocycles. The van der Waals surface area contributed by atoms with Crippen LogP contribution in [-0.2, 0) is 11.3 Å². The molecule has 0 aliphatic heterocycles. The summed E-state index contributed by atoms with van der Waals surface area (Å²) in [4.78, 5) is 40.9. The van der Waals surface area contributed by atoms with E-state index in [1.165, 1.54) is 19.2 Å². The summed E-state index contributed by atoms with van der Waals surface area (Å²) in [6.45, 7) is 5.66. The van der Waals surface area contributed by atoms with E-state index < -0.39 is 5.97 Å². The van der Waals surface area contributed by atoms with Gasteiger partial charge in [-0.15, -0.1) is 0 Å². The Labute approximate surface area is 260 Å². The number of rotatable bonds is 10. The Morgan fingerprint density at radius 3 is 2.29 bits per heavy atom. The van der Waals surface area contributed by atoms with Crippen LogP contribution in [0, 0.1) is 5.82 Å². The average molecular weight is 608 g/mol. The quantitative estimate of drug-likeness (QED) is 0.169. The molecule has 0 spiro atoms. The van der Waals surface area contributed by atoms with E-state index in [0.717, 1.165) is 16.8 Å². The van der Waals surface area contributed by atoms with Gasteiger partial charge in [0.25, 0.3) is 11.8 Å². The molecule has 5 rings (SSSR count). The van der Waals surface area contributed by atoms with Crippen molar-refractivity contribution in [2.24, 2.45) is 0 Å². The number of hydrogen-bond acceptors (Lipinski definition) is 6. The third-order valence-corrected chi connectivity index (χ3v) is 7.77. The van der Waals surface area contributed by atoms with Crippen LogP contribution in [-0.4, -0.2) is 45.0 Å². The molecule has 0 radical (unpaired) electrons. The van der Waals surface area contributed by atoms with Gasteiger partial charge in [0.2, 0.25) is 0 Å². The van der Waals surface area contributed by atoms with Crippen LogP contribution in [0.25, 0.3) is 33.4 Å². The Kier molecular flexibility index (Phi) is 9.28. The van der Waals surface area contributed by atoms with Gasteiger partial charge in [-0.05, 0) is 73.5 Å². The maximum absolute atomic E-state index is 13.7. The molecule has 0 unspecified atom stereocenters. The van der Waals surface area contributed by atoms with Crippen LogP contribution in [0.2, 0.25) is 0 Å². The monoisotopic (exact) mass is 607 g/mol. The standard InChI is InChI=1S/C36H34FN3O5/c1-5-40(6-2)30-20-31-29(32(35(42)38-3)33(45-31)22-14-16-26(37)17-15-22)19-28(30)23-11-9-12-24(18-23)34(41)39-21-25-10-7-8-13-27(25)36(43)44-4/h7-20H,5-6,21H2,1-4H3,(H,38,42)(H,39,41). The summed E-state index contributed by atoms with van der Waals surface area (Å²) in [6.07, 6.45) is 0. The van der Waals surface area contributed by atoms with E-state index in [4.69, 9.17) is 9.15 Å². The Balaban J connectivity index is 1.59. The summed E-state index contributed by atoms with van der Waals surface area (Å²) in [5, 5.41) is 6.20. The fourth-order valence-electron chi connectivity index (χ4n) is 5.43. The minimum Gasteiger partial charge on any atom is -0.465 e. The predicted molar refractivity (Wildman–Crippen MR) is 173 cm³/mol. The van der Waals surface area contributed by atoms with Crippen LogP contribution >= 0.6 is 0 Å². The predicted octanol–water partition coefficient (Wildman–Crippen LogP) is 6.83. The molecule has 0 saturated heterocycles. The van der Waals surface area contributed by atoms with Gasteiger partial charge in [-0.1, -0.05) is 30.3 Å². The first kappa shape index (κ1) is 31.0. The van der Waals surface area contributed by atoms with Crippen molar-refractivity contribution < 1.29 is 27.9 Å². The van der Waals surface area contributed by atoms with Gasteiger partial charge in [0.05, 0.1) is 18.2 Å². The molecule has 1 aromatic heterocycles. The molecular weight excluding hydrogens is 573 g/mol. The molecular formula is C36H34FN3O5. The van der Waals surface area contributed by atoms with Crippen molar-refractivity contribution in [3.8, 4) is 22.5 Å². The zero-order chi connectivity index (χ0) is 32.1. The Morgan fingerprint density at radius 2 is 1.60 bits per heavy atom. The number of nitrogens with one attached hydrogen (secondary N) is 2. The van der Waals surface area contributed by atoms with E-state index in [0.29, 0.717) is 57.6 Å². The molecule has 9 heteroatoms. The lowest BCUT2D eigenvalue weighted by atomic mass is 9.96. The molecule has 1 heterocycles. The minimum absolute atomic E-state index is 0.141. The normalized spacial score (nSPS) is 10.9. The van der Waals surface area contributed by atoms with E-state index in [1.54, 1.807) is 55.6 Å². The summed E-state index contributed by atoms with van der Waals surface area (Å²) < 4.78 is 24.9. The summed E-state index contributed by atoms with van der Waals surface area (Å²) >= 11 is 0. The molecule has 8 nitrogen and oxygen atoms in total. The Morgan fingerprint density at radius 1 is 0.867 bits per heavy atom. The van der Waals surface area contributed by atoms with Gasteiger partial charge in [-0.3, -0.25) is 9.59 Å². The molecule has 2 amide bonds. The second-order valence-corrected chi connectivity index (χ2v) is 10.3. The van der Waals surface area contributed by atoms with Crippen LogP contribution in [0.1, 0.15) is 50.5 Å². The van der Waals surface area contributed by atoms with Crippen molar-refractivity contribution in [1.82, 2.24) is 10.6 Å². The number of carbonyl (C=O) groups excluding carboxylic acids is 3. The molecule has 2 N–H and O–H groups in total. The number of methoxy groups -OCH3 is 1. The number of hydrogen-bond donors (Lipinski definition) is 2. The van der Waals surface area contributed by atoms with Crippen LogP contribution in [0.3, 0.4) is 0 Å². The minimum atomic E-state index is -0.473. The molecule has 0 fully saturated rings. The number of ether oxygens (including phenoxy) is 1. The molecule has 4 aromatic carbocycles. The van der Waals surface area contributed by atoms with E-state index >= 15 is 0 Å². The Bertz CT molecular complexity index is 1880. The number of carbonyl (C=O) groups is 3. The van der Waals surface area contributed by atoms with E-state index in [-0.39, 0.29) is 24.2 Å². The zero-order valence-corrected chi connectivity index (χ0v) is 25.6. The fourth-order valence-corrected chi connectivity index (χ4v) is 5.43. The van der Waals surface area contributed by atoms with Crippen molar-refractivity contribution in [3.05, 3.63) is 113 Å². The number of benzene rings is 4. The molecule has 0 aliphatic rings. The number of furan rings is 1. The van der Waals surface area contributed by atoms with Gasteiger partial charge < -0.3 is 24.7 Å².